The third kappa shape index (κ3) is 4.59. The number of aliphatic hydroxyl groups is 3. The maximum Gasteiger partial charge on any atom is 0.219 e. The van der Waals surface area contributed by atoms with E-state index in [2.05, 4.69) is 10.2 Å². The van der Waals surface area contributed by atoms with Crippen molar-refractivity contribution in [2.45, 2.75) is 44.9 Å². The zero-order valence-electron chi connectivity index (χ0n) is 25.2. The molecule has 5 N–H and O–H groups in total. The lowest BCUT2D eigenvalue weighted by Gasteiger charge is -2.56. The summed E-state index contributed by atoms with van der Waals surface area (Å²) in [5.41, 5.74) is -3.03. The van der Waals surface area contributed by atoms with Gasteiger partial charge in [0.15, 0.2) is 17.2 Å². The number of nitrogens with zero attached hydrogens (tertiary/aromatic N) is 3. The first-order chi connectivity index (χ1) is 20.2. The summed E-state index contributed by atoms with van der Waals surface area (Å²) in [7, 11) is 5.00. The van der Waals surface area contributed by atoms with Gasteiger partial charge in [0.25, 0.3) is 0 Å². The van der Waals surface area contributed by atoms with Gasteiger partial charge in [0, 0.05) is 63.1 Å². The number of benzene rings is 1. The second-order valence-corrected chi connectivity index (χ2v) is 12.5. The van der Waals surface area contributed by atoms with Gasteiger partial charge in [-0.3, -0.25) is 29.0 Å². The van der Waals surface area contributed by atoms with Crippen molar-refractivity contribution in [3.63, 3.8) is 0 Å². The molecule has 3 aliphatic carbocycles. The van der Waals surface area contributed by atoms with Crippen LogP contribution in [0.25, 0.3) is 5.76 Å². The number of rotatable bonds is 6. The fourth-order valence-electron chi connectivity index (χ4n) is 7.80. The number of carbonyl (C=O) groups is 4. The number of phenolic OH excluding ortho intramolecular Hbond substituents is 1. The Kier molecular flexibility index (Phi) is 7.79. The molecular formula is C31H40N4O8. The molecule has 0 unspecified atom stereocenters. The maximum atomic E-state index is 14.6. The Morgan fingerprint density at radius 1 is 1.07 bits per heavy atom. The summed E-state index contributed by atoms with van der Waals surface area (Å²) in [6.45, 7) is 5.24. The molecule has 0 bridgehead atoms. The molecule has 1 amide bonds. The van der Waals surface area contributed by atoms with Crippen LogP contribution in [0.15, 0.2) is 29.0 Å². The van der Waals surface area contributed by atoms with E-state index in [0.717, 1.165) is 12.5 Å². The first kappa shape index (κ1) is 30.9. The maximum absolute atomic E-state index is 14.6. The summed E-state index contributed by atoms with van der Waals surface area (Å²) < 4.78 is 0. The molecular weight excluding hydrogens is 556 g/mol. The molecule has 2 fully saturated rings. The number of likely N-dealkylation sites (N-methyl/N-ethyl adjacent to an activating group) is 1. The molecule has 0 aromatic heterocycles. The van der Waals surface area contributed by atoms with Crippen LogP contribution in [-0.4, -0.2) is 124 Å². The third-order valence-electron chi connectivity index (χ3n) is 9.74. The van der Waals surface area contributed by atoms with E-state index in [1.54, 1.807) is 37.0 Å². The molecule has 4 atom stereocenters. The summed E-state index contributed by atoms with van der Waals surface area (Å²) in [6, 6.07) is 2.08. The van der Waals surface area contributed by atoms with Crippen molar-refractivity contribution in [1.29, 1.82) is 0 Å². The van der Waals surface area contributed by atoms with E-state index in [1.807, 2.05) is 0 Å². The molecule has 4 aliphatic rings. The van der Waals surface area contributed by atoms with Gasteiger partial charge in [0.05, 0.1) is 11.6 Å². The Labute approximate surface area is 250 Å². The number of nitrogens with one attached hydrogen (secondary N) is 1. The zero-order chi connectivity index (χ0) is 31.6. The van der Waals surface area contributed by atoms with Gasteiger partial charge in [-0.15, -0.1) is 0 Å². The van der Waals surface area contributed by atoms with Gasteiger partial charge >= 0.3 is 0 Å². The van der Waals surface area contributed by atoms with E-state index in [-0.39, 0.29) is 42.2 Å². The van der Waals surface area contributed by atoms with E-state index in [0.29, 0.717) is 38.3 Å². The molecule has 1 saturated heterocycles. The minimum absolute atomic E-state index is 0.0134. The molecule has 0 radical (unpaired) electrons. The van der Waals surface area contributed by atoms with Gasteiger partial charge in [-0.1, -0.05) is 6.07 Å². The Morgan fingerprint density at radius 3 is 2.28 bits per heavy atom. The van der Waals surface area contributed by atoms with Gasteiger partial charge in [-0.2, -0.15) is 0 Å². The minimum Gasteiger partial charge on any atom is -0.508 e. The average molecular weight is 597 g/mol. The van der Waals surface area contributed by atoms with Crippen LogP contribution in [0.1, 0.15) is 37.0 Å². The number of amides is 1. The molecule has 5 rings (SSSR count). The Bertz CT molecular complexity index is 1470. The summed E-state index contributed by atoms with van der Waals surface area (Å²) in [5, 5.41) is 49.3. The normalized spacial score (nSPS) is 29.5. The highest BCUT2D eigenvalue weighted by atomic mass is 16.3. The molecule has 1 aliphatic heterocycles. The first-order valence-corrected chi connectivity index (χ1v) is 14.5. The Balaban J connectivity index is 1.75. The van der Waals surface area contributed by atoms with Gasteiger partial charge in [0.1, 0.15) is 22.8 Å². The second-order valence-electron chi connectivity index (χ2n) is 12.5. The van der Waals surface area contributed by atoms with Crippen molar-refractivity contribution in [1.82, 2.24) is 20.0 Å². The number of fused-ring (bicyclic) bond motifs is 3. The summed E-state index contributed by atoms with van der Waals surface area (Å²) >= 11 is 0. The molecule has 12 nitrogen and oxygen atoms in total. The highest BCUT2D eigenvalue weighted by Gasteiger charge is 2.67. The fraction of sp³-hybridized carbons (Fsp3) is 0.548. The number of phenols is 1. The number of piperazine rings is 1. The lowest BCUT2D eigenvalue weighted by atomic mass is 9.51. The minimum atomic E-state index is -2.65. The molecule has 232 valence electrons. The number of hydrogen-bond donors (Lipinski definition) is 5. The van der Waals surface area contributed by atoms with E-state index in [9.17, 15) is 39.6 Å². The van der Waals surface area contributed by atoms with E-state index in [1.165, 1.54) is 13.0 Å². The van der Waals surface area contributed by atoms with Crippen molar-refractivity contribution in [3.8, 4) is 5.75 Å². The van der Waals surface area contributed by atoms with E-state index in [4.69, 9.17) is 0 Å². The predicted octanol–water partition coefficient (Wildman–Crippen LogP) is 0.321. The largest absolute Gasteiger partial charge is 0.508 e. The molecule has 43 heavy (non-hydrogen) atoms. The van der Waals surface area contributed by atoms with Crippen LogP contribution in [0.5, 0.6) is 5.75 Å². The molecule has 0 spiro atoms. The average Bonchev–Trinajstić information content (AvgIpc) is 2.92. The molecule has 1 aromatic carbocycles. The van der Waals surface area contributed by atoms with Gasteiger partial charge in [-0.25, -0.2) is 0 Å². The topological polar surface area (TPSA) is 171 Å². The monoisotopic (exact) mass is 596 g/mol. The zero-order valence-corrected chi connectivity index (χ0v) is 25.2. The highest BCUT2D eigenvalue weighted by Crippen LogP contribution is 2.58. The van der Waals surface area contributed by atoms with Crippen LogP contribution in [0.3, 0.4) is 0 Å². The van der Waals surface area contributed by atoms with Crippen LogP contribution >= 0.6 is 0 Å². The third-order valence-corrected chi connectivity index (χ3v) is 9.74. The fourth-order valence-corrected chi connectivity index (χ4v) is 7.80. The SMILES string of the molecule is CNCc1ccc(O)c2c1C[C@@]1(CN3CCN(C(C)=O)CC3)C[C@H]3[C@H](N(C)C)C(=O)C(C(C)=O)=C(O)[C@@]3(O)C(=O)C1=C2O. The first-order valence-electron chi connectivity index (χ1n) is 14.5. The van der Waals surface area contributed by atoms with Gasteiger partial charge < -0.3 is 30.6 Å². The smallest absolute Gasteiger partial charge is 0.219 e. The summed E-state index contributed by atoms with van der Waals surface area (Å²) in [6.07, 6.45) is 0.218. The van der Waals surface area contributed by atoms with Crippen LogP contribution in [0, 0.1) is 11.3 Å². The Hall–Kier alpha value is -3.58. The number of carbonyl (C=O) groups excluding carboxylic acids is 4. The lowest BCUT2D eigenvalue weighted by Crippen LogP contribution is -2.68. The van der Waals surface area contributed by atoms with Crippen LogP contribution < -0.4 is 5.32 Å². The second kappa shape index (κ2) is 10.8. The molecule has 1 saturated carbocycles. The quantitative estimate of drug-likeness (QED) is 0.287. The van der Waals surface area contributed by atoms with Crippen LogP contribution in [-0.2, 0) is 32.1 Å². The number of Topliss-reactive ketones (excluding diaryl/α,β-unsaturated/α-hetero) is 3. The van der Waals surface area contributed by atoms with E-state index < -0.39 is 57.4 Å². The predicted molar refractivity (Wildman–Crippen MR) is 156 cm³/mol. The molecule has 12 heteroatoms. The van der Waals surface area contributed by atoms with Crippen LogP contribution in [0.4, 0.5) is 0 Å². The van der Waals surface area contributed by atoms with Crippen molar-refractivity contribution < 1.29 is 39.6 Å². The Morgan fingerprint density at radius 2 is 1.72 bits per heavy atom. The number of ketones is 3. The lowest BCUT2D eigenvalue weighted by molar-refractivity contribution is -0.158. The summed E-state index contributed by atoms with van der Waals surface area (Å²) in [5.74, 6) is -5.37. The van der Waals surface area contributed by atoms with E-state index >= 15 is 0 Å². The standard InChI is InChI=1S/C31H40N4O8/c1-16(36)22-27(40)25(33(4)5)20-13-30(15-34-8-10-35(11-9-34)17(2)37)12-19-18(14-32-3)6-7-21(38)23(19)26(39)24(30)29(42)31(20,43)28(22)41/h6-7,20,25,32,38-39,41,43H,8-15H2,1-5H3/t20-,25-,30-,31+/m0/s1. The van der Waals surface area contributed by atoms with Gasteiger partial charge in [-0.05, 0) is 58.1 Å². The molecule has 1 aromatic rings. The van der Waals surface area contributed by atoms with Crippen molar-refractivity contribution in [2.75, 3.05) is 53.9 Å². The van der Waals surface area contributed by atoms with Crippen LogP contribution in [0.2, 0.25) is 0 Å². The number of aromatic hydroxyl groups is 1. The van der Waals surface area contributed by atoms with Gasteiger partial charge in [0.2, 0.25) is 11.7 Å². The number of aliphatic hydroxyl groups excluding tert-OH is 2. The number of hydrogen-bond acceptors (Lipinski definition) is 11. The van der Waals surface area contributed by atoms with Crippen molar-refractivity contribution >= 4 is 29.0 Å². The van der Waals surface area contributed by atoms with Crippen molar-refractivity contribution in [2.24, 2.45) is 11.3 Å². The molecule has 1 heterocycles. The van der Waals surface area contributed by atoms with Crippen molar-refractivity contribution in [3.05, 3.63) is 45.7 Å². The highest BCUT2D eigenvalue weighted by molar-refractivity contribution is 6.25. The summed E-state index contributed by atoms with van der Waals surface area (Å²) in [4.78, 5) is 58.2.